The van der Waals surface area contributed by atoms with Crippen LogP contribution in [-0.4, -0.2) is 9.97 Å². The average Bonchev–Trinajstić information content (AvgIpc) is 3.23. The molecule has 6 aromatic rings. The first-order valence-electron chi connectivity index (χ1n) is 10.4. The topological polar surface area (TPSA) is 38.9 Å². The van der Waals surface area contributed by atoms with E-state index in [9.17, 15) is 0 Å². The van der Waals surface area contributed by atoms with E-state index in [1.54, 1.807) is 6.07 Å². The van der Waals surface area contributed by atoms with Crippen molar-refractivity contribution >= 4 is 33.5 Å². The number of hydrogen-bond donors (Lipinski definition) is 0. The molecule has 4 heteroatoms. The molecular formula is C28H17ClN2O. The third-order valence-electron chi connectivity index (χ3n) is 5.62. The van der Waals surface area contributed by atoms with Crippen LogP contribution in [0.5, 0.6) is 0 Å². The van der Waals surface area contributed by atoms with E-state index in [-0.39, 0.29) is 0 Å². The molecule has 0 aliphatic rings. The quantitative estimate of drug-likeness (QED) is 0.266. The number of aromatic nitrogens is 2. The van der Waals surface area contributed by atoms with Crippen LogP contribution in [0.1, 0.15) is 0 Å². The second kappa shape index (κ2) is 7.63. The zero-order chi connectivity index (χ0) is 21.5. The Kier molecular flexibility index (Phi) is 4.48. The number of rotatable bonds is 3. The molecule has 3 nitrogen and oxygen atoms in total. The Morgan fingerprint density at radius 2 is 1.28 bits per heavy atom. The molecule has 0 spiro atoms. The number of para-hydroxylation sites is 1. The normalized spacial score (nSPS) is 11.3. The van der Waals surface area contributed by atoms with Crippen LogP contribution < -0.4 is 0 Å². The molecule has 0 saturated carbocycles. The number of hydrogen-bond acceptors (Lipinski definition) is 3. The lowest BCUT2D eigenvalue weighted by atomic mass is 10.0. The van der Waals surface area contributed by atoms with Gasteiger partial charge in [-0.25, -0.2) is 9.97 Å². The summed E-state index contributed by atoms with van der Waals surface area (Å²) >= 11 is 6.45. The van der Waals surface area contributed by atoms with Gasteiger partial charge in [0.1, 0.15) is 16.3 Å². The van der Waals surface area contributed by atoms with Gasteiger partial charge in [0, 0.05) is 28.0 Å². The smallest absolute Gasteiger partial charge is 0.161 e. The van der Waals surface area contributed by atoms with E-state index in [4.69, 9.17) is 21.0 Å². The van der Waals surface area contributed by atoms with Gasteiger partial charge in [-0.2, -0.15) is 0 Å². The maximum Gasteiger partial charge on any atom is 0.161 e. The molecule has 0 unspecified atom stereocenters. The van der Waals surface area contributed by atoms with Crippen molar-refractivity contribution in [2.75, 3.05) is 0 Å². The summed E-state index contributed by atoms with van der Waals surface area (Å²) in [7, 11) is 0. The molecule has 0 saturated heterocycles. The molecule has 6 rings (SSSR count). The van der Waals surface area contributed by atoms with Gasteiger partial charge in [-0.05, 0) is 23.3 Å². The van der Waals surface area contributed by atoms with Crippen LogP contribution in [0, 0.1) is 0 Å². The summed E-state index contributed by atoms with van der Waals surface area (Å²) in [6.07, 6.45) is 0. The lowest BCUT2D eigenvalue weighted by molar-refractivity contribution is 0.669. The Morgan fingerprint density at radius 3 is 2.12 bits per heavy atom. The van der Waals surface area contributed by atoms with Crippen molar-refractivity contribution < 1.29 is 4.42 Å². The van der Waals surface area contributed by atoms with Crippen molar-refractivity contribution in [3.8, 4) is 33.8 Å². The molecule has 0 aliphatic carbocycles. The fourth-order valence-electron chi connectivity index (χ4n) is 4.12. The predicted molar refractivity (Wildman–Crippen MR) is 131 cm³/mol. The van der Waals surface area contributed by atoms with E-state index >= 15 is 0 Å². The molecule has 2 aromatic heterocycles. The highest BCUT2D eigenvalue weighted by Crippen LogP contribution is 2.37. The summed E-state index contributed by atoms with van der Waals surface area (Å²) in [6, 6.07) is 34.4. The van der Waals surface area contributed by atoms with E-state index in [2.05, 4.69) is 35.3 Å². The van der Waals surface area contributed by atoms with E-state index < -0.39 is 0 Å². The summed E-state index contributed by atoms with van der Waals surface area (Å²) in [5.41, 5.74) is 6.65. The van der Waals surface area contributed by atoms with Gasteiger partial charge in [0.2, 0.25) is 0 Å². The van der Waals surface area contributed by atoms with E-state index in [0.717, 1.165) is 44.3 Å². The lowest BCUT2D eigenvalue weighted by Crippen LogP contribution is -1.93. The first-order chi connectivity index (χ1) is 15.8. The molecule has 2 heterocycles. The average molecular weight is 433 g/mol. The van der Waals surface area contributed by atoms with Crippen LogP contribution in [0.4, 0.5) is 0 Å². The Hall–Kier alpha value is -3.95. The zero-order valence-electron chi connectivity index (χ0n) is 17.0. The van der Waals surface area contributed by atoms with Gasteiger partial charge in [-0.3, -0.25) is 0 Å². The van der Waals surface area contributed by atoms with Gasteiger partial charge >= 0.3 is 0 Å². The minimum atomic E-state index is 0.405. The van der Waals surface area contributed by atoms with Gasteiger partial charge in [-0.1, -0.05) is 96.5 Å². The number of fused-ring (bicyclic) bond motifs is 3. The van der Waals surface area contributed by atoms with Crippen LogP contribution >= 0.6 is 11.6 Å². The molecule has 0 radical (unpaired) electrons. The molecule has 0 N–H and O–H groups in total. The molecular weight excluding hydrogens is 416 g/mol. The van der Waals surface area contributed by atoms with E-state index in [0.29, 0.717) is 11.0 Å². The van der Waals surface area contributed by atoms with Crippen LogP contribution in [0.15, 0.2) is 108 Å². The second-order valence-corrected chi connectivity index (χ2v) is 8.01. The van der Waals surface area contributed by atoms with Gasteiger partial charge < -0.3 is 4.42 Å². The summed E-state index contributed by atoms with van der Waals surface area (Å²) in [6.45, 7) is 0. The number of halogens is 1. The van der Waals surface area contributed by atoms with Crippen molar-refractivity contribution in [3.05, 3.63) is 108 Å². The Labute approximate surface area is 190 Å². The molecule has 0 amide bonds. The van der Waals surface area contributed by atoms with Crippen LogP contribution in [0.2, 0.25) is 5.15 Å². The van der Waals surface area contributed by atoms with Gasteiger partial charge in [0.25, 0.3) is 0 Å². The standard InChI is InChI=1S/C28H17ClN2O/c29-26-17-23(21-10-6-12-25-27(21)22-9-4-5-11-24(22)32-25)30-28(31-26)20-15-13-19(14-16-20)18-7-2-1-3-8-18/h1-17H. The molecule has 152 valence electrons. The highest BCUT2D eigenvalue weighted by Gasteiger charge is 2.15. The van der Waals surface area contributed by atoms with Crippen molar-refractivity contribution in [2.24, 2.45) is 0 Å². The maximum atomic E-state index is 6.45. The van der Waals surface area contributed by atoms with Crippen LogP contribution in [-0.2, 0) is 0 Å². The predicted octanol–water partition coefficient (Wildman–Crippen LogP) is 8.03. The van der Waals surface area contributed by atoms with Crippen molar-refractivity contribution in [1.82, 2.24) is 9.97 Å². The summed E-state index contributed by atoms with van der Waals surface area (Å²) in [4.78, 5) is 9.37. The molecule has 0 aliphatic heterocycles. The second-order valence-electron chi connectivity index (χ2n) is 7.62. The highest BCUT2D eigenvalue weighted by molar-refractivity contribution is 6.29. The molecule has 0 fully saturated rings. The lowest BCUT2D eigenvalue weighted by Gasteiger charge is -2.08. The van der Waals surface area contributed by atoms with Gasteiger partial charge in [-0.15, -0.1) is 0 Å². The largest absolute Gasteiger partial charge is 0.456 e. The van der Waals surface area contributed by atoms with Gasteiger partial charge in [0.15, 0.2) is 5.82 Å². The number of furan rings is 1. The van der Waals surface area contributed by atoms with E-state index in [1.165, 1.54) is 5.56 Å². The monoisotopic (exact) mass is 432 g/mol. The molecule has 32 heavy (non-hydrogen) atoms. The Bertz CT molecular complexity index is 1570. The highest BCUT2D eigenvalue weighted by atomic mass is 35.5. The third kappa shape index (κ3) is 3.24. The summed E-state index contributed by atoms with van der Waals surface area (Å²) in [5.74, 6) is 0.594. The van der Waals surface area contributed by atoms with Gasteiger partial charge in [0.05, 0.1) is 5.69 Å². The molecule has 4 aromatic carbocycles. The Morgan fingerprint density at radius 1 is 0.594 bits per heavy atom. The van der Waals surface area contributed by atoms with Crippen molar-refractivity contribution in [2.45, 2.75) is 0 Å². The van der Waals surface area contributed by atoms with E-state index in [1.807, 2.05) is 66.7 Å². The Balaban J connectivity index is 1.48. The first kappa shape index (κ1) is 18.8. The maximum absolute atomic E-state index is 6.45. The minimum absolute atomic E-state index is 0.405. The zero-order valence-corrected chi connectivity index (χ0v) is 17.8. The van der Waals surface area contributed by atoms with Crippen LogP contribution in [0.3, 0.4) is 0 Å². The SMILES string of the molecule is Clc1cc(-c2cccc3oc4ccccc4c23)nc(-c2ccc(-c3ccccc3)cc2)n1. The van der Waals surface area contributed by atoms with Crippen molar-refractivity contribution in [3.63, 3.8) is 0 Å². The third-order valence-corrected chi connectivity index (χ3v) is 5.82. The van der Waals surface area contributed by atoms with Crippen LogP contribution in [0.25, 0.3) is 55.7 Å². The minimum Gasteiger partial charge on any atom is -0.456 e. The molecule has 0 bridgehead atoms. The summed E-state index contributed by atoms with van der Waals surface area (Å²) < 4.78 is 6.04. The number of nitrogens with zero attached hydrogens (tertiary/aromatic N) is 2. The van der Waals surface area contributed by atoms with Crippen molar-refractivity contribution in [1.29, 1.82) is 0 Å². The first-order valence-corrected chi connectivity index (χ1v) is 10.8. The fourth-order valence-corrected chi connectivity index (χ4v) is 4.30. The fraction of sp³-hybridized carbons (Fsp3) is 0. The summed E-state index contributed by atoms with van der Waals surface area (Å²) in [5, 5.41) is 2.49. The molecule has 0 atom stereocenters. The number of benzene rings is 4.